The molecule has 7 nitrogen and oxygen atoms in total. The van der Waals surface area contributed by atoms with Crippen LogP contribution in [0.25, 0.3) is 0 Å². The van der Waals surface area contributed by atoms with Crippen LogP contribution in [0.3, 0.4) is 0 Å². The first-order chi connectivity index (χ1) is 15.5. The Kier molecular flexibility index (Phi) is 6.66. The standard InChI is InChI=1S/C25H27N3O4/c1-2-19-5-9-21(10-6-19)27(25(29)24-4-3-17-32-24)22-13-15-26(16-14-22)18-20-7-11-23(12-8-20)28(30)31/h3-12,17,22H,2,13-16,18H2,1H3. The van der Waals surface area contributed by atoms with Crippen LogP contribution >= 0.6 is 0 Å². The largest absolute Gasteiger partial charge is 0.459 e. The number of benzene rings is 2. The van der Waals surface area contributed by atoms with Crippen molar-refractivity contribution in [3.8, 4) is 0 Å². The molecule has 2 heterocycles. The maximum atomic E-state index is 13.3. The molecule has 4 rings (SSSR count). The third kappa shape index (κ3) is 4.89. The van der Waals surface area contributed by atoms with Crippen LogP contribution in [-0.4, -0.2) is 34.9 Å². The molecular weight excluding hydrogens is 406 g/mol. The molecular formula is C25H27N3O4. The molecule has 0 saturated carbocycles. The van der Waals surface area contributed by atoms with Gasteiger partial charge in [-0.25, -0.2) is 0 Å². The number of carbonyl (C=O) groups is 1. The summed E-state index contributed by atoms with van der Waals surface area (Å²) in [4.78, 5) is 28.0. The molecule has 1 amide bonds. The van der Waals surface area contributed by atoms with Crippen molar-refractivity contribution in [3.05, 3.63) is 93.9 Å². The SMILES string of the molecule is CCc1ccc(N(C(=O)c2ccco2)C2CCN(Cc3ccc([N+](=O)[O-])cc3)CC2)cc1. The normalized spacial score (nSPS) is 14.9. The van der Waals surface area contributed by atoms with Gasteiger partial charge in [-0.2, -0.15) is 0 Å². The Bertz CT molecular complexity index is 1040. The van der Waals surface area contributed by atoms with Crippen molar-refractivity contribution in [2.45, 2.75) is 38.8 Å². The van der Waals surface area contributed by atoms with E-state index in [0.717, 1.165) is 50.1 Å². The Hall–Kier alpha value is -3.45. The zero-order valence-corrected chi connectivity index (χ0v) is 18.1. The lowest BCUT2D eigenvalue weighted by atomic mass is 10.0. The number of anilines is 1. The summed E-state index contributed by atoms with van der Waals surface area (Å²) >= 11 is 0. The van der Waals surface area contributed by atoms with Gasteiger partial charge in [0.2, 0.25) is 0 Å². The van der Waals surface area contributed by atoms with Crippen molar-refractivity contribution >= 4 is 17.3 Å². The van der Waals surface area contributed by atoms with Crippen molar-refractivity contribution in [2.75, 3.05) is 18.0 Å². The summed E-state index contributed by atoms with van der Waals surface area (Å²) in [5.74, 6) is 0.228. The first kappa shape index (κ1) is 21.8. The number of hydrogen-bond donors (Lipinski definition) is 0. The average molecular weight is 434 g/mol. The highest BCUT2D eigenvalue weighted by atomic mass is 16.6. The Morgan fingerprint density at radius 3 is 2.28 bits per heavy atom. The highest BCUT2D eigenvalue weighted by Gasteiger charge is 2.31. The van der Waals surface area contributed by atoms with Crippen LogP contribution < -0.4 is 4.90 Å². The Morgan fingerprint density at radius 2 is 1.72 bits per heavy atom. The molecule has 1 saturated heterocycles. The van der Waals surface area contributed by atoms with Gasteiger partial charge < -0.3 is 9.32 Å². The van der Waals surface area contributed by atoms with E-state index in [2.05, 4.69) is 24.0 Å². The van der Waals surface area contributed by atoms with E-state index in [4.69, 9.17) is 4.42 Å². The molecule has 32 heavy (non-hydrogen) atoms. The number of non-ortho nitro benzene ring substituents is 1. The quantitative estimate of drug-likeness (QED) is 0.384. The monoisotopic (exact) mass is 433 g/mol. The summed E-state index contributed by atoms with van der Waals surface area (Å²) < 4.78 is 5.41. The molecule has 0 atom stereocenters. The number of nitro groups is 1. The molecule has 1 fully saturated rings. The fourth-order valence-corrected chi connectivity index (χ4v) is 4.22. The summed E-state index contributed by atoms with van der Waals surface area (Å²) in [6.07, 6.45) is 4.16. The zero-order chi connectivity index (χ0) is 22.5. The number of rotatable bonds is 7. The number of amides is 1. The van der Waals surface area contributed by atoms with Gasteiger partial charge in [0.25, 0.3) is 11.6 Å². The van der Waals surface area contributed by atoms with Gasteiger partial charge >= 0.3 is 0 Å². The molecule has 0 aliphatic carbocycles. The second kappa shape index (κ2) is 9.78. The first-order valence-corrected chi connectivity index (χ1v) is 11.0. The van der Waals surface area contributed by atoms with Gasteiger partial charge in [-0.05, 0) is 54.7 Å². The van der Waals surface area contributed by atoms with Gasteiger partial charge in [-0.15, -0.1) is 0 Å². The van der Waals surface area contributed by atoms with E-state index in [1.165, 1.54) is 11.8 Å². The van der Waals surface area contributed by atoms with E-state index in [1.54, 1.807) is 24.3 Å². The van der Waals surface area contributed by atoms with Gasteiger partial charge in [0.1, 0.15) is 0 Å². The van der Waals surface area contributed by atoms with Crippen molar-refractivity contribution in [3.63, 3.8) is 0 Å². The van der Waals surface area contributed by atoms with Gasteiger partial charge in [0.05, 0.1) is 11.2 Å². The number of likely N-dealkylation sites (tertiary alicyclic amines) is 1. The minimum atomic E-state index is -0.382. The van der Waals surface area contributed by atoms with E-state index < -0.39 is 0 Å². The molecule has 166 valence electrons. The van der Waals surface area contributed by atoms with E-state index >= 15 is 0 Å². The van der Waals surface area contributed by atoms with Crippen LogP contribution in [0.1, 0.15) is 41.4 Å². The predicted molar refractivity (Wildman–Crippen MR) is 123 cm³/mol. The van der Waals surface area contributed by atoms with E-state index in [9.17, 15) is 14.9 Å². The van der Waals surface area contributed by atoms with Gasteiger partial charge in [-0.1, -0.05) is 31.2 Å². The summed E-state index contributed by atoms with van der Waals surface area (Å²) in [7, 11) is 0. The van der Waals surface area contributed by atoms with Crippen molar-refractivity contribution < 1.29 is 14.1 Å². The fraction of sp³-hybridized carbons (Fsp3) is 0.320. The lowest BCUT2D eigenvalue weighted by molar-refractivity contribution is -0.384. The van der Waals surface area contributed by atoms with Crippen molar-refractivity contribution in [1.82, 2.24) is 4.90 Å². The number of hydrogen-bond acceptors (Lipinski definition) is 5. The highest BCUT2D eigenvalue weighted by Crippen LogP contribution is 2.27. The van der Waals surface area contributed by atoms with Crippen LogP contribution in [0.5, 0.6) is 0 Å². The zero-order valence-electron chi connectivity index (χ0n) is 18.1. The molecule has 2 aromatic carbocycles. The molecule has 1 aliphatic rings. The molecule has 0 spiro atoms. The third-order valence-electron chi connectivity index (χ3n) is 6.05. The van der Waals surface area contributed by atoms with Crippen molar-refractivity contribution in [1.29, 1.82) is 0 Å². The van der Waals surface area contributed by atoms with E-state index in [-0.39, 0.29) is 22.6 Å². The molecule has 0 bridgehead atoms. The Morgan fingerprint density at radius 1 is 1.06 bits per heavy atom. The maximum absolute atomic E-state index is 13.3. The minimum Gasteiger partial charge on any atom is -0.459 e. The Balaban J connectivity index is 1.46. The number of furan rings is 1. The molecule has 3 aromatic rings. The lowest BCUT2D eigenvalue weighted by Gasteiger charge is -2.38. The highest BCUT2D eigenvalue weighted by molar-refractivity contribution is 6.04. The fourth-order valence-electron chi connectivity index (χ4n) is 4.22. The molecule has 1 aliphatic heterocycles. The Labute approximate surface area is 187 Å². The van der Waals surface area contributed by atoms with E-state index in [1.807, 2.05) is 29.2 Å². The van der Waals surface area contributed by atoms with Crippen LogP contribution in [-0.2, 0) is 13.0 Å². The molecule has 0 unspecified atom stereocenters. The topological polar surface area (TPSA) is 79.8 Å². The predicted octanol–water partition coefficient (Wildman–Crippen LogP) is 5.06. The summed E-state index contributed by atoms with van der Waals surface area (Å²) in [5.41, 5.74) is 3.27. The van der Waals surface area contributed by atoms with Crippen LogP contribution in [0, 0.1) is 10.1 Å². The molecule has 1 aromatic heterocycles. The number of nitrogens with zero attached hydrogens (tertiary/aromatic N) is 3. The smallest absolute Gasteiger partial charge is 0.294 e. The lowest BCUT2D eigenvalue weighted by Crippen LogP contribution is -2.47. The van der Waals surface area contributed by atoms with Gasteiger partial charge in [0.15, 0.2) is 5.76 Å². The number of piperidine rings is 1. The summed E-state index contributed by atoms with van der Waals surface area (Å²) in [5, 5.41) is 10.9. The van der Waals surface area contributed by atoms with Gasteiger partial charge in [0, 0.05) is 43.5 Å². The van der Waals surface area contributed by atoms with Gasteiger partial charge in [-0.3, -0.25) is 19.8 Å². The summed E-state index contributed by atoms with van der Waals surface area (Å²) in [6, 6.07) is 18.4. The number of carbonyl (C=O) groups excluding carboxylic acids is 1. The second-order valence-electron chi connectivity index (χ2n) is 8.10. The molecule has 0 radical (unpaired) electrons. The maximum Gasteiger partial charge on any atom is 0.294 e. The van der Waals surface area contributed by atoms with Crippen LogP contribution in [0.4, 0.5) is 11.4 Å². The minimum absolute atomic E-state index is 0.0770. The second-order valence-corrected chi connectivity index (χ2v) is 8.10. The average Bonchev–Trinajstić information content (AvgIpc) is 3.36. The van der Waals surface area contributed by atoms with Crippen molar-refractivity contribution in [2.24, 2.45) is 0 Å². The van der Waals surface area contributed by atoms with Crippen LogP contribution in [0.2, 0.25) is 0 Å². The summed E-state index contributed by atoms with van der Waals surface area (Å²) in [6.45, 7) is 4.54. The van der Waals surface area contributed by atoms with E-state index in [0.29, 0.717) is 5.76 Å². The van der Waals surface area contributed by atoms with Crippen LogP contribution in [0.15, 0.2) is 71.3 Å². The molecule has 7 heteroatoms. The molecule has 0 N–H and O–H groups in total. The number of nitro benzene ring substituents is 1. The number of aryl methyl sites for hydroxylation is 1. The first-order valence-electron chi connectivity index (χ1n) is 11.0. The third-order valence-corrected chi connectivity index (χ3v) is 6.05.